The van der Waals surface area contributed by atoms with Gasteiger partial charge in [-0.1, -0.05) is 38.5 Å². The van der Waals surface area contributed by atoms with Crippen molar-refractivity contribution in [2.75, 3.05) is 5.75 Å². The Morgan fingerprint density at radius 3 is 2.68 bits per heavy atom. The largest absolute Gasteiger partial charge is 0.481 e. The number of carbonyl (C=O) groups is 1. The van der Waals surface area contributed by atoms with Crippen LogP contribution in [0.3, 0.4) is 0 Å². The highest BCUT2D eigenvalue weighted by Gasteiger charge is 2.25. The minimum atomic E-state index is -0.813. The molecule has 0 saturated heterocycles. The molecular weight excluding hydrogens is 262 g/mol. The number of aliphatic carboxylic acids is 1. The molecule has 0 aliphatic heterocycles. The van der Waals surface area contributed by atoms with Crippen molar-refractivity contribution in [3.8, 4) is 0 Å². The summed E-state index contributed by atoms with van der Waals surface area (Å²) in [6.07, 6.45) is 4.88. The number of carboxylic acid groups (broad SMARTS) is 1. The van der Waals surface area contributed by atoms with Gasteiger partial charge in [0.25, 0.3) is 0 Å². The lowest BCUT2D eigenvalue weighted by molar-refractivity contribution is -0.133. The van der Waals surface area contributed by atoms with Crippen LogP contribution in [-0.4, -0.2) is 31.6 Å². The Labute approximate surface area is 117 Å². The first-order valence-corrected chi connectivity index (χ1v) is 7.84. The average molecular weight is 283 g/mol. The van der Waals surface area contributed by atoms with Gasteiger partial charge >= 0.3 is 5.97 Å². The third kappa shape index (κ3) is 3.72. The predicted molar refractivity (Wildman–Crippen MR) is 74.4 cm³/mol. The fourth-order valence-corrected chi connectivity index (χ4v) is 3.23. The van der Waals surface area contributed by atoms with Gasteiger partial charge in [-0.3, -0.25) is 4.79 Å². The van der Waals surface area contributed by atoms with E-state index in [-0.39, 0.29) is 5.75 Å². The van der Waals surface area contributed by atoms with Gasteiger partial charge in [-0.25, -0.2) is 0 Å². The molecule has 106 valence electrons. The van der Waals surface area contributed by atoms with Crippen molar-refractivity contribution in [2.24, 2.45) is 5.92 Å². The highest BCUT2D eigenvalue weighted by Crippen LogP contribution is 2.34. The molecule has 0 atom stereocenters. The summed E-state index contributed by atoms with van der Waals surface area (Å²) in [6.45, 7) is 5.18. The van der Waals surface area contributed by atoms with E-state index >= 15 is 0 Å². The molecule has 6 heteroatoms. The van der Waals surface area contributed by atoms with Crippen LogP contribution in [-0.2, 0) is 11.3 Å². The van der Waals surface area contributed by atoms with E-state index in [1.807, 2.05) is 0 Å². The Kier molecular flexibility index (Phi) is 4.85. The van der Waals surface area contributed by atoms with Crippen molar-refractivity contribution in [2.45, 2.75) is 57.1 Å². The van der Waals surface area contributed by atoms with Gasteiger partial charge in [0.2, 0.25) is 0 Å². The summed E-state index contributed by atoms with van der Waals surface area (Å²) in [7, 11) is 0. The monoisotopic (exact) mass is 283 g/mol. The molecule has 5 nitrogen and oxygen atoms in total. The van der Waals surface area contributed by atoms with E-state index in [2.05, 4.69) is 28.6 Å². The topological polar surface area (TPSA) is 68.0 Å². The number of nitrogens with zero attached hydrogens (tertiary/aromatic N) is 3. The molecule has 0 amide bonds. The Hall–Kier alpha value is -1.04. The lowest BCUT2D eigenvalue weighted by Gasteiger charge is -2.15. The van der Waals surface area contributed by atoms with E-state index < -0.39 is 5.97 Å². The van der Waals surface area contributed by atoms with Gasteiger partial charge < -0.3 is 9.67 Å². The molecule has 1 aliphatic rings. The zero-order valence-corrected chi connectivity index (χ0v) is 12.3. The highest BCUT2D eigenvalue weighted by atomic mass is 32.2. The maximum Gasteiger partial charge on any atom is 0.313 e. The van der Waals surface area contributed by atoms with Crippen molar-refractivity contribution in [3.63, 3.8) is 0 Å². The number of carboxylic acids is 1. The first-order valence-electron chi connectivity index (χ1n) is 6.85. The molecule has 0 aromatic carbocycles. The van der Waals surface area contributed by atoms with E-state index in [0.717, 1.165) is 17.5 Å². The SMILES string of the molecule is CC(C)Cn1c(SCC(=O)O)nnc1C1CCCC1. The van der Waals surface area contributed by atoms with Gasteiger partial charge in [-0.15, -0.1) is 10.2 Å². The third-order valence-electron chi connectivity index (χ3n) is 3.34. The molecule has 1 heterocycles. The second kappa shape index (κ2) is 6.41. The molecular formula is C13H21N3O2S. The Morgan fingerprint density at radius 1 is 1.42 bits per heavy atom. The van der Waals surface area contributed by atoms with Crippen LogP contribution in [0.1, 0.15) is 51.3 Å². The number of hydrogen-bond donors (Lipinski definition) is 1. The molecule has 1 saturated carbocycles. The van der Waals surface area contributed by atoms with Crippen LogP contribution in [0, 0.1) is 5.92 Å². The van der Waals surface area contributed by atoms with E-state index in [1.165, 1.54) is 37.4 Å². The lowest BCUT2D eigenvalue weighted by atomic mass is 10.1. The second-order valence-electron chi connectivity index (χ2n) is 5.51. The first kappa shape index (κ1) is 14.4. The Balaban J connectivity index is 2.19. The summed E-state index contributed by atoms with van der Waals surface area (Å²) in [4.78, 5) is 10.7. The average Bonchev–Trinajstić information content (AvgIpc) is 2.94. The summed E-state index contributed by atoms with van der Waals surface area (Å²) in [6, 6.07) is 0. The lowest BCUT2D eigenvalue weighted by Crippen LogP contribution is -2.12. The van der Waals surface area contributed by atoms with Gasteiger partial charge in [-0.05, 0) is 18.8 Å². The van der Waals surface area contributed by atoms with Crippen molar-refractivity contribution in [1.29, 1.82) is 0 Å². The zero-order chi connectivity index (χ0) is 13.8. The molecule has 0 spiro atoms. The minimum absolute atomic E-state index is 0.0426. The molecule has 1 N–H and O–H groups in total. The van der Waals surface area contributed by atoms with Crippen LogP contribution < -0.4 is 0 Å². The number of rotatable bonds is 6. The standard InChI is InChI=1S/C13H21N3O2S/c1-9(2)7-16-12(10-5-3-4-6-10)14-15-13(16)19-8-11(17)18/h9-10H,3-8H2,1-2H3,(H,17,18). The molecule has 1 aliphatic carbocycles. The molecule has 19 heavy (non-hydrogen) atoms. The van der Waals surface area contributed by atoms with Crippen LogP contribution in [0.5, 0.6) is 0 Å². The smallest absolute Gasteiger partial charge is 0.313 e. The summed E-state index contributed by atoms with van der Waals surface area (Å²) in [5.74, 6) is 1.29. The molecule has 2 rings (SSSR count). The quantitative estimate of drug-likeness (QED) is 0.813. The summed E-state index contributed by atoms with van der Waals surface area (Å²) < 4.78 is 2.13. The van der Waals surface area contributed by atoms with Crippen molar-refractivity contribution < 1.29 is 9.90 Å². The molecule has 0 radical (unpaired) electrons. The summed E-state index contributed by atoms with van der Waals surface area (Å²) in [5, 5.41) is 18.1. The van der Waals surface area contributed by atoms with Crippen LogP contribution in [0.4, 0.5) is 0 Å². The fourth-order valence-electron chi connectivity index (χ4n) is 2.56. The van der Waals surface area contributed by atoms with E-state index in [0.29, 0.717) is 11.8 Å². The highest BCUT2D eigenvalue weighted by molar-refractivity contribution is 7.99. The van der Waals surface area contributed by atoms with E-state index in [4.69, 9.17) is 5.11 Å². The molecule has 0 bridgehead atoms. The predicted octanol–water partition coefficient (Wildman–Crippen LogP) is 2.77. The maximum absolute atomic E-state index is 10.7. The van der Waals surface area contributed by atoms with Crippen molar-refractivity contribution in [1.82, 2.24) is 14.8 Å². The van der Waals surface area contributed by atoms with Crippen LogP contribution in [0.2, 0.25) is 0 Å². The Morgan fingerprint density at radius 2 is 2.11 bits per heavy atom. The van der Waals surface area contributed by atoms with Crippen molar-refractivity contribution in [3.05, 3.63) is 5.82 Å². The van der Waals surface area contributed by atoms with Crippen LogP contribution >= 0.6 is 11.8 Å². The second-order valence-corrected chi connectivity index (χ2v) is 6.45. The van der Waals surface area contributed by atoms with Gasteiger partial charge in [0.1, 0.15) is 5.82 Å². The molecule has 1 aromatic heterocycles. The molecule has 0 unspecified atom stereocenters. The first-order chi connectivity index (χ1) is 9.08. The number of aromatic nitrogens is 3. The maximum atomic E-state index is 10.7. The number of thioether (sulfide) groups is 1. The van der Waals surface area contributed by atoms with Crippen LogP contribution in [0.15, 0.2) is 5.16 Å². The number of hydrogen-bond acceptors (Lipinski definition) is 4. The normalized spacial score (nSPS) is 16.4. The van der Waals surface area contributed by atoms with Gasteiger partial charge in [0.05, 0.1) is 5.75 Å². The fraction of sp³-hybridized carbons (Fsp3) is 0.769. The zero-order valence-electron chi connectivity index (χ0n) is 11.5. The van der Waals surface area contributed by atoms with Crippen LogP contribution in [0.25, 0.3) is 0 Å². The van der Waals surface area contributed by atoms with E-state index in [9.17, 15) is 4.79 Å². The Bertz CT molecular complexity index is 439. The summed E-state index contributed by atoms with van der Waals surface area (Å²) >= 11 is 1.27. The molecule has 1 aromatic rings. The van der Waals surface area contributed by atoms with Gasteiger partial charge in [0.15, 0.2) is 5.16 Å². The summed E-state index contributed by atoms with van der Waals surface area (Å²) in [5.41, 5.74) is 0. The molecule has 1 fully saturated rings. The minimum Gasteiger partial charge on any atom is -0.481 e. The van der Waals surface area contributed by atoms with Gasteiger partial charge in [-0.2, -0.15) is 0 Å². The van der Waals surface area contributed by atoms with Crippen molar-refractivity contribution >= 4 is 17.7 Å². The van der Waals surface area contributed by atoms with Gasteiger partial charge in [0, 0.05) is 12.5 Å². The van der Waals surface area contributed by atoms with E-state index in [1.54, 1.807) is 0 Å². The third-order valence-corrected chi connectivity index (χ3v) is 4.29.